The van der Waals surface area contributed by atoms with Gasteiger partial charge in [0.1, 0.15) is 5.82 Å². The number of aryl methyl sites for hydroxylation is 2. The van der Waals surface area contributed by atoms with Crippen molar-refractivity contribution in [2.24, 2.45) is 0 Å². The van der Waals surface area contributed by atoms with Crippen molar-refractivity contribution in [2.45, 2.75) is 26.5 Å². The monoisotopic (exact) mass is 483 g/mol. The Labute approximate surface area is 200 Å². The Morgan fingerprint density at radius 1 is 0.941 bits per heavy atom. The van der Waals surface area contributed by atoms with Crippen molar-refractivity contribution in [1.29, 1.82) is 0 Å². The minimum absolute atomic E-state index is 0.00229. The summed E-state index contributed by atoms with van der Waals surface area (Å²) in [5, 5.41) is 0. The fourth-order valence-electron chi connectivity index (χ4n) is 4.59. The van der Waals surface area contributed by atoms with Crippen LogP contribution in [0.1, 0.15) is 32.9 Å². The average molecular weight is 484 g/mol. The number of ketones is 1. The molecule has 1 saturated heterocycles. The average Bonchev–Trinajstić information content (AvgIpc) is 3.08. The molecule has 3 aromatic rings. The molecule has 34 heavy (non-hydrogen) atoms. The molecule has 0 saturated carbocycles. The van der Waals surface area contributed by atoms with E-state index in [1.54, 1.807) is 12.1 Å². The van der Waals surface area contributed by atoms with Gasteiger partial charge < -0.3 is 4.57 Å². The van der Waals surface area contributed by atoms with E-state index in [0.717, 1.165) is 28.2 Å². The standard InChI is InChI=1S/C26H30FN3O3S/c1-19-5-4-6-22(15-19)18-34(32,33)29-13-11-28(12-14-29)17-26(31)25-16-20(2)30(21(25)3)24-9-7-23(27)8-10-24/h4-10,15-16H,11-14,17-18H2,1-3H3. The predicted octanol–water partition coefficient (Wildman–Crippen LogP) is 3.87. The van der Waals surface area contributed by atoms with Gasteiger partial charge in [0.25, 0.3) is 0 Å². The quantitative estimate of drug-likeness (QED) is 0.479. The number of piperazine rings is 1. The van der Waals surface area contributed by atoms with Crippen molar-refractivity contribution in [1.82, 2.24) is 13.8 Å². The first-order valence-corrected chi connectivity index (χ1v) is 13.0. The second-order valence-electron chi connectivity index (χ2n) is 8.94. The van der Waals surface area contributed by atoms with Crippen LogP contribution in [-0.2, 0) is 15.8 Å². The Hall–Kier alpha value is -2.81. The van der Waals surface area contributed by atoms with E-state index >= 15 is 0 Å². The molecule has 0 amide bonds. The third-order valence-corrected chi connectivity index (χ3v) is 8.19. The Bertz CT molecular complexity index is 1290. The molecule has 0 bridgehead atoms. The summed E-state index contributed by atoms with van der Waals surface area (Å²) in [4.78, 5) is 15.1. The molecule has 4 rings (SSSR count). The lowest BCUT2D eigenvalue weighted by atomic mass is 10.1. The van der Waals surface area contributed by atoms with Crippen molar-refractivity contribution >= 4 is 15.8 Å². The van der Waals surface area contributed by atoms with Crippen molar-refractivity contribution < 1.29 is 17.6 Å². The molecule has 0 N–H and O–H groups in total. The zero-order chi connectivity index (χ0) is 24.5. The maximum atomic E-state index is 13.3. The van der Waals surface area contributed by atoms with Gasteiger partial charge in [-0.05, 0) is 56.7 Å². The highest BCUT2D eigenvalue weighted by molar-refractivity contribution is 7.88. The first-order valence-electron chi connectivity index (χ1n) is 11.4. The van der Waals surface area contributed by atoms with Gasteiger partial charge in [-0.25, -0.2) is 12.8 Å². The van der Waals surface area contributed by atoms with Gasteiger partial charge in [-0.3, -0.25) is 9.69 Å². The Kier molecular flexibility index (Phi) is 7.02. The molecule has 0 radical (unpaired) electrons. The van der Waals surface area contributed by atoms with Gasteiger partial charge in [-0.2, -0.15) is 4.31 Å². The van der Waals surface area contributed by atoms with Crippen LogP contribution in [0.25, 0.3) is 5.69 Å². The maximum Gasteiger partial charge on any atom is 0.218 e. The van der Waals surface area contributed by atoms with E-state index in [2.05, 4.69) is 0 Å². The molecule has 1 aromatic heterocycles. The lowest BCUT2D eigenvalue weighted by molar-refractivity contribution is 0.0901. The number of halogens is 1. The molecule has 8 heteroatoms. The minimum atomic E-state index is -3.41. The van der Waals surface area contributed by atoms with Crippen LogP contribution in [0.5, 0.6) is 0 Å². The lowest BCUT2D eigenvalue weighted by Crippen LogP contribution is -2.50. The second-order valence-corrected chi connectivity index (χ2v) is 10.9. The molecular weight excluding hydrogens is 453 g/mol. The highest BCUT2D eigenvalue weighted by Crippen LogP contribution is 2.22. The van der Waals surface area contributed by atoms with Gasteiger partial charge in [-0.1, -0.05) is 29.8 Å². The molecule has 1 fully saturated rings. The molecule has 180 valence electrons. The molecule has 0 aliphatic carbocycles. The van der Waals surface area contributed by atoms with E-state index in [-0.39, 0.29) is 23.9 Å². The van der Waals surface area contributed by atoms with Gasteiger partial charge >= 0.3 is 0 Å². The third kappa shape index (κ3) is 5.29. The topological polar surface area (TPSA) is 62.6 Å². The molecule has 0 atom stereocenters. The zero-order valence-electron chi connectivity index (χ0n) is 19.8. The van der Waals surface area contributed by atoms with Crippen LogP contribution >= 0.6 is 0 Å². The second kappa shape index (κ2) is 9.82. The van der Waals surface area contributed by atoms with Crippen LogP contribution in [-0.4, -0.2) is 60.7 Å². The van der Waals surface area contributed by atoms with Crippen LogP contribution in [0, 0.1) is 26.6 Å². The fraction of sp³-hybridized carbons (Fsp3) is 0.346. The molecule has 1 aliphatic heterocycles. The van der Waals surface area contributed by atoms with Crippen molar-refractivity contribution in [3.8, 4) is 5.69 Å². The molecule has 0 spiro atoms. The smallest absolute Gasteiger partial charge is 0.218 e. The molecule has 2 aromatic carbocycles. The fourth-order valence-corrected chi connectivity index (χ4v) is 6.09. The third-order valence-electron chi connectivity index (χ3n) is 6.34. The normalized spacial score (nSPS) is 15.5. The van der Waals surface area contributed by atoms with Gasteiger partial charge in [0.05, 0.1) is 12.3 Å². The minimum Gasteiger partial charge on any atom is -0.318 e. The first kappa shape index (κ1) is 24.3. The number of sulfonamides is 1. The van der Waals surface area contributed by atoms with Gasteiger partial charge in [0.15, 0.2) is 5.78 Å². The van der Waals surface area contributed by atoms with Crippen LogP contribution < -0.4 is 0 Å². The Balaban J connectivity index is 1.38. The number of hydrogen-bond acceptors (Lipinski definition) is 4. The van der Waals surface area contributed by atoms with E-state index in [4.69, 9.17) is 0 Å². The summed E-state index contributed by atoms with van der Waals surface area (Å²) in [6.07, 6.45) is 0. The summed E-state index contributed by atoms with van der Waals surface area (Å²) in [5.41, 5.74) is 4.98. The number of benzene rings is 2. The molecule has 6 nitrogen and oxygen atoms in total. The summed E-state index contributed by atoms with van der Waals surface area (Å²) in [5.74, 6) is -0.316. The van der Waals surface area contributed by atoms with Gasteiger partial charge in [0, 0.05) is 48.8 Å². The number of aromatic nitrogens is 1. The number of Topliss-reactive ketones (excluding diaryl/α,β-unsaturated/α-hetero) is 1. The summed E-state index contributed by atoms with van der Waals surface area (Å²) in [6, 6.07) is 15.6. The zero-order valence-corrected chi connectivity index (χ0v) is 20.6. The lowest BCUT2D eigenvalue weighted by Gasteiger charge is -2.33. The maximum absolute atomic E-state index is 13.3. The molecule has 1 aliphatic rings. The Morgan fingerprint density at radius 2 is 1.62 bits per heavy atom. The number of carbonyl (C=O) groups excluding carboxylic acids is 1. The Morgan fingerprint density at radius 3 is 2.26 bits per heavy atom. The van der Waals surface area contributed by atoms with E-state index in [0.29, 0.717) is 31.7 Å². The predicted molar refractivity (Wildman–Crippen MR) is 131 cm³/mol. The van der Waals surface area contributed by atoms with E-state index in [1.165, 1.54) is 16.4 Å². The SMILES string of the molecule is Cc1cccc(CS(=O)(=O)N2CCN(CC(=O)c3cc(C)n(-c4ccc(F)cc4)c3C)CC2)c1. The summed E-state index contributed by atoms with van der Waals surface area (Å²) < 4.78 is 42.5. The van der Waals surface area contributed by atoms with Crippen LogP contribution in [0.3, 0.4) is 0 Å². The summed E-state index contributed by atoms with van der Waals surface area (Å²) >= 11 is 0. The van der Waals surface area contributed by atoms with Gasteiger partial charge in [-0.15, -0.1) is 0 Å². The molecule has 0 unspecified atom stereocenters. The van der Waals surface area contributed by atoms with Crippen molar-refractivity contribution in [3.05, 3.63) is 88.5 Å². The molecular formula is C26H30FN3O3S. The number of carbonyl (C=O) groups is 1. The van der Waals surface area contributed by atoms with Crippen LogP contribution in [0.2, 0.25) is 0 Å². The highest BCUT2D eigenvalue weighted by Gasteiger charge is 2.28. The van der Waals surface area contributed by atoms with Crippen molar-refractivity contribution in [3.63, 3.8) is 0 Å². The largest absolute Gasteiger partial charge is 0.318 e. The van der Waals surface area contributed by atoms with E-state index in [9.17, 15) is 17.6 Å². The van der Waals surface area contributed by atoms with E-state index in [1.807, 2.05) is 60.6 Å². The number of nitrogens with zero attached hydrogens (tertiary/aromatic N) is 3. The highest BCUT2D eigenvalue weighted by atomic mass is 32.2. The molecule has 2 heterocycles. The summed E-state index contributed by atoms with van der Waals surface area (Å²) in [6.45, 7) is 7.75. The van der Waals surface area contributed by atoms with Crippen LogP contribution in [0.4, 0.5) is 4.39 Å². The first-order chi connectivity index (χ1) is 16.1. The van der Waals surface area contributed by atoms with E-state index < -0.39 is 10.0 Å². The van der Waals surface area contributed by atoms with Crippen molar-refractivity contribution in [2.75, 3.05) is 32.7 Å². The summed E-state index contributed by atoms with van der Waals surface area (Å²) in [7, 11) is -3.41. The van der Waals surface area contributed by atoms with Crippen LogP contribution in [0.15, 0.2) is 54.6 Å². The number of rotatable bonds is 7. The number of hydrogen-bond donors (Lipinski definition) is 0. The van der Waals surface area contributed by atoms with Gasteiger partial charge in [0.2, 0.25) is 10.0 Å².